The number of amides is 4. The standard InChI is InChI=1S/C50H62N2O4/c1-7-13-17-21-33-27-39-43-37(47(53)51(49(39)55)29-31(11-5)19-15-9-3)26-24-36-42-34(22-18-14-8-2)28-40-44-38(25-23-35(46(42)44)41(33)45(36)43)48(54)52(50(40)56)30-32(12-6)20-16-10-4/h23-28,31-32H,7-22,29-30H2,1-6H3. The van der Waals surface area contributed by atoms with E-state index in [0.717, 1.165) is 157 Å². The molecule has 0 aromatic heterocycles. The van der Waals surface area contributed by atoms with Crippen molar-refractivity contribution in [3.05, 3.63) is 69.8 Å². The number of imide groups is 2. The number of carbonyl (C=O) groups is 4. The predicted molar refractivity (Wildman–Crippen MR) is 231 cm³/mol. The third-order valence-electron chi connectivity index (χ3n) is 13.2. The van der Waals surface area contributed by atoms with Crippen LogP contribution in [0.4, 0.5) is 0 Å². The van der Waals surface area contributed by atoms with E-state index < -0.39 is 0 Å². The van der Waals surface area contributed by atoms with Crippen molar-refractivity contribution in [2.75, 3.05) is 13.1 Å². The number of rotatable bonds is 20. The molecule has 0 fully saturated rings. The molecule has 296 valence electrons. The van der Waals surface area contributed by atoms with Crippen LogP contribution in [0.5, 0.6) is 0 Å². The molecular weight excluding hydrogens is 693 g/mol. The lowest BCUT2D eigenvalue weighted by Gasteiger charge is -2.33. The van der Waals surface area contributed by atoms with Crippen molar-refractivity contribution >= 4 is 66.7 Å². The molecule has 0 aliphatic carbocycles. The van der Waals surface area contributed by atoms with Crippen molar-refractivity contribution in [2.45, 2.75) is 144 Å². The van der Waals surface area contributed by atoms with Crippen LogP contribution in [0.1, 0.15) is 184 Å². The molecule has 0 spiro atoms. The molecule has 7 rings (SSSR count). The minimum atomic E-state index is -0.200. The quantitative estimate of drug-likeness (QED) is 0.0343. The Kier molecular flexibility index (Phi) is 12.1. The second-order valence-corrected chi connectivity index (χ2v) is 16.9. The van der Waals surface area contributed by atoms with E-state index in [0.29, 0.717) is 35.3 Å². The van der Waals surface area contributed by atoms with Gasteiger partial charge in [0.1, 0.15) is 0 Å². The smallest absolute Gasteiger partial charge is 0.261 e. The number of unbranched alkanes of at least 4 members (excludes halogenated alkanes) is 6. The molecule has 0 saturated carbocycles. The fourth-order valence-electron chi connectivity index (χ4n) is 9.94. The van der Waals surface area contributed by atoms with Gasteiger partial charge in [-0.1, -0.05) is 118 Å². The first-order valence-electron chi connectivity index (χ1n) is 22.2. The summed E-state index contributed by atoms with van der Waals surface area (Å²) in [5.74, 6) is -0.231. The zero-order chi connectivity index (χ0) is 39.7. The van der Waals surface area contributed by atoms with Gasteiger partial charge in [-0.05, 0) is 118 Å². The van der Waals surface area contributed by atoms with Crippen LogP contribution < -0.4 is 0 Å². The van der Waals surface area contributed by atoms with Gasteiger partial charge in [0.05, 0.1) is 0 Å². The van der Waals surface area contributed by atoms with Gasteiger partial charge in [0.15, 0.2) is 0 Å². The average Bonchev–Trinajstić information content (AvgIpc) is 3.21. The van der Waals surface area contributed by atoms with E-state index in [1.54, 1.807) is 0 Å². The number of nitrogens with zero attached hydrogens (tertiary/aromatic N) is 2. The fraction of sp³-hybridized carbons (Fsp3) is 0.520. The summed E-state index contributed by atoms with van der Waals surface area (Å²) in [7, 11) is 0. The highest BCUT2D eigenvalue weighted by molar-refractivity contribution is 6.42. The second-order valence-electron chi connectivity index (χ2n) is 16.9. The predicted octanol–water partition coefficient (Wildman–Crippen LogP) is 12.8. The zero-order valence-electron chi connectivity index (χ0n) is 34.9. The molecule has 2 atom stereocenters. The van der Waals surface area contributed by atoms with Crippen LogP contribution in [0.25, 0.3) is 43.1 Å². The zero-order valence-corrected chi connectivity index (χ0v) is 34.9. The Labute approximate surface area is 333 Å². The van der Waals surface area contributed by atoms with Gasteiger partial charge in [0.2, 0.25) is 0 Å². The summed E-state index contributed by atoms with van der Waals surface area (Å²) < 4.78 is 0. The maximum absolute atomic E-state index is 14.6. The summed E-state index contributed by atoms with van der Waals surface area (Å²) in [6, 6.07) is 12.3. The molecule has 56 heavy (non-hydrogen) atoms. The summed E-state index contributed by atoms with van der Waals surface area (Å²) >= 11 is 0. The van der Waals surface area contributed by atoms with Gasteiger partial charge in [0.25, 0.3) is 23.6 Å². The molecule has 0 bridgehead atoms. The average molecular weight is 755 g/mol. The van der Waals surface area contributed by atoms with Gasteiger partial charge in [-0.25, -0.2) is 0 Å². The molecule has 6 nitrogen and oxygen atoms in total. The van der Waals surface area contributed by atoms with Gasteiger partial charge in [0, 0.05) is 46.1 Å². The Hall–Kier alpha value is -4.32. The minimum Gasteiger partial charge on any atom is -0.274 e. The molecule has 5 aromatic rings. The van der Waals surface area contributed by atoms with Crippen molar-refractivity contribution in [3.63, 3.8) is 0 Å². The minimum absolute atomic E-state index is 0.183. The largest absolute Gasteiger partial charge is 0.274 e. The van der Waals surface area contributed by atoms with Crippen molar-refractivity contribution in [2.24, 2.45) is 11.8 Å². The molecule has 6 heteroatoms. The molecule has 0 radical (unpaired) electrons. The summed E-state index contributed by atoms with van der Waals surface area (Å²) in [4.78, 5) is 61.3. The number of hydrogen-bond donors (Lipinski definition) is 0. The lowest BCUT2D eigenvalue weighted by molar-refractivity contribution is 0.0565. The van der Waals surface area contributed by atoms with Gasteiger partial charge in [-0.3, -0.25) is 29.0 Å². The second kappa shape index (κ2) is 17.0. The first-order valence-corrected chi connectivity index (χ1v) is 22.2. The summed E-state index contributed by atoms with van der Waals surface area (Å²) in [5, 5.41) is 7.63. The number of hydrogen-bond acceptors (Lipinski definition) is 4. The Morgan fingerprint density at radius 1 is 0.429 bits per heavy atom. The van der Waals surface area contributed by atoms with Crippen LogP contribution in [-0.2, 0) is 12.8 Å². The number of aryl methyl sites for hydroxylation is 2. The third kappa shape index (κ3) is 6.79. The van der Waals surface area contributed by atoms with Crippen LogP contribution in [-0.4, -0.2) is 46.5 Å². The van der Waals surface area contributed by atoms with Crippen molar-refractivity contribution in [1.82, 2.24) is 9.80 Å². The molecule has 4 amide bonds. The molecule has 0 saturated heterocycles. The maximum Gasteiger partial charge on any atom is 0.261 e. The van der Waals surface area contributed by atoms with E-state index in [-0.39, 0.29) is 35.5 Å². The first-order chi connectivity index (χ1) is 27.2. The molecule has 2 aliphatic rings. The normalized spacial score (nSPS) is 15.5. The van der Waals surface area contributed by atoms with Gasteiger partial charge in [-0.2, -0.15) is 0 Å². The highest BCUT2D eigenvalue weighted by Crippen LogP contribution is 2.49. The van der Waals surface area contributed by atoms with Crippen molar-refractivity contribution < 1.29 is 19.2 Å². The molecule has 5 aromatic carbocycles. The Morgan fingerprint density at radius 2 is 0.804 bits per heavy atom. The monoisotopic (exact) mass is 754 g/mol. The van der Waals surface area contributed by atoms with Gasteiger partial charge in [-0.15, -0.1) is 0 Å². The summed E-state index contributed by atoms with van der Waals surface area (Å²) in [6.45, 7) is 14.0. The van der Waals surface area contributed by atoms with Gasteiger partial charge >= 0.3 is 0 Å². The van der Waals surface area contributed by atoms with E-state index in [4.69, 9.17) is 0 Å². The van der Waals surface area contributed by atoms with Crippen LogP contribution in [0, 0.1) is 11.8 Å². The van der Waals surface area contributed by atoms with Crippen molar-refractivity contribution in [3.8, 4) is 0 Å². The first kappa shape index (κ1) is 39.9. The van der Waals surface area contributed by atoms with E-state index in [9.17, 15) is 19.2 Å². The van der Waals surface area contributed by atoms with Crippen LogP contribution >= 0.6 is 0 Å². The lowest BCUT2D eigenvalue weighted by atomic mass is 9.78. The van der Waals surface area contributed by atoms with E-state index in [1.165, 1.54) is 9.80 Å². The fourth-order valence-corrected chi connectivity index (χ4v) is 9.94. The highest BCUT2D eigenvalue weighted by atomic mass is 16.2. The number of benzene rings is 5. The summed E-state index contributed by atoms with van der Waals surface area (Å²) in [6.07, 6.45) is 16.0. The molecule has 2 aliphatic heterocycles. The Bertz CT molecular complexity index is 2140. The number of carbonyl (C=O) groups excluding carboxylic acids is 4. The maximum atomic E-state index is 14.6. The van der Waals surface area contributed by atoms with Gasteiger partial charge < -0.3 is 0 Å². The van der Waals surface area contributed by atoms with Crippen LogP contribution in [0.3, 0.4) is 0 Å². The topological polar surface area (TPSA) is 74.8 Å². The Morgan fingerprint density at radius 3 is 1.16 bits per heavy atom. The van der Waals surface area contributed by atoms with E-state index >= 15 is 0 Å². The molecule has 0 N–H and O–H groups in total. The number of fused-ring (bicyclic) bond motifs is 2. The van der Waals surface area contributed by atoms with Crippen LogP contribution in [0.15, 0.2) is 36.4 Å². The molecule has 2 heterocycles. The Balaban J connectivity index is 1.51. The molecule has 2 unspecified atom stereocenters. The van der Waals surface area contributed by atoms with E-state index in [1.807, 2.05) is 12.1 Å². The molecular formula is C50H62N2O4. The van der Waals surface area contributed by atoms with E-state index in [2.05, 4.69) is 65.8 Å². The summed E-state index contributed by atoms with van der Waals surface area (Å²) in [5.41, 5.74) is 4.68. The third-order valence-corrected chi connectivity index (χ3v) is 13.2. The van der Waals surface area contributed by atoms with Crippen molar-refractivity contribution in [1.29, 1.82) is 0 Å². The lowest BCUT2D eigenvalue weighted by Crippen LogP contribution is -2.43. The van der Waals surface area contributed by atoms with Crippen LogP contribution in [0.2, 0.25) is 0 Å². The highest BCUT2D eigenvalue weighted by Gasteiger charge is 2.39. The SMILES string of the molecule is CCCCCc1cc2c3c(ccc4c5c(CCCCC)cc6c7c(ccc(c1c34)c75)C(=O)N(CC(CC)CCCC)C6=O)C(=O)N(CC(CC)CCCC)C2=O.